The lowest BCUT2D eigenvalue weighted by atomic mass is 10.2. The molecule has 1 amide bonds. The minimum absolute atomic E-state index is 0.213. The Kier molecular flexibility index (Phi) is 4.09. The summed E-state index contributed by atoms with van der Waals surface area (Å²) in [5.41, 5.74) is 1.12. The van der Waals surface area contributed by atoms with Crippen molar-refractivity contribution in [2.75, 3.05) is 6.54 Å². The molecule has 1 aromatic rings. The Bertz CT molecular complexity index is 439. The lowest BCUT2D eigenvalue weighted by Crippen LogP contribution is -2.43. The van der Waals surface area contributed by atoms with Crippen LogP contribution in [0.25, 0.3) is 0 Å². The average molecular weight is 305 g/mol. The van der Waals surface area contributed by atoms with Crippen molar-refractivity contribution in [2.45, 2.75) is 28.8 Å². The van der Waals surface area contributed by atoms with Gasteiger partial charge in [0.15, 0.2) is 4.84 Å². The van der Waals surface area contributed by atoms with Crippen molar-refractivity contribution in [3.05, 3.63) is 30.1 Å². The molecule has 6 heteroatoms. The van der Waals surface area contributed by atoms with Gasteiger partial charge in [-0.25, -0.2) is 0 Å². The summed E-state index contributed by atoms with van der Waals surface area (Å²) in [6.45, 7) is 4.61. The fraction of sp³-hybridized carbons (Fsp3) is 0.500. The summed E-state index contributed by atoms with van der Waals surface area (Å²) in [6.07, 6.45) is 3.57. The molecule has 0 N–H and O–H groups in total. The molecule has 2 heterocycles. The second-order valence-corrected chi connectivity index (χ2v) is 7.49. The predicted molar refractivity (Wildman–Crippen MR) is 75.9 cm³/mol. The van der Waals surface area contributed by atoms with Gasteiger partial charge in [-0.3, -0.25) is 9.78 Å². The number of alkyl halides is 2. The number of pyridine rings is 1. The zero-order valence-electron chi connectivity index (χ0n) is 10.1. The second kappa shape index (κ2) is 5.27. The lowest BCUT2D eigenvalue weighted by molar-refractivity contribution is -0.131. The van der Waals surface area contributed by atoms with Crippen molar-refractivity contribution >= 4 is 40.9 Å². The fourth-order valence-corrected chi connectivity index (χ4v) is 3.77. The third-order valence-electron chi connectivity index (χ3n) is 2.94. The molecule has 1 atom stereocenters. The van der Waals surface area contributed by atoms with Gasteiger partial charge in [-0.15, -0.1) is 11.8 Å². The fourth-order valence-electron chi connectivity index (χ4n) is 2.05. The van der Waals surface area contributed by atoms with Gasteiger partial charge in [0.1, 0.15) is 0 Å². The third kappa shape index (κ3) is 2.76. The van der Waals surface area contributed by atoms with E-state index in [0.29, 0.717) is 6.54 Å². The summed E-state index contributed by atoms with van der Waals surface area (Å²) < 4.78 is 0. The molecule has 2 rings (SSSR count). The summed E-state index contributed by atoms with van der Waals surface area (Å²) in [5, 5.41) is 0.213. The highest BCUT2D eigenvalue weighted by atomic mass is 35.5. The number of halogens is 2. The first-order valence-electron chi connectivity index (χ1n) is 5.59. The van der Waals surface area contributed by atoms with E-state index >= 15 is 0 Å². The molecule has 0 bridgehead atoms. The van der Waals surface area contributed by atoms with E-state index in [0.717, 1.165) is 5.56 Å². The Morgan fingerprint density at radius 3 is 2.89 bits per heavy atom. The van der Waals surface area contributed by atoms with E-state index in [-0.39, 0.29) is 16.0 Å². The van der Waals surface area contributed by atoms with Gasteiger partial charge in [0.25, 0.3) is 5.91 Å². The summed E-state index contributed by atoms with van der Waals surface area (Å²) in [7, 11) is 0. The minimum Gasteiger partial charge on any atom is -0.325 e. The van der Waals surface area contributed by atoms with Crippen LogP contribution in [0.2, 0.25) is 0 Å². The van der Waals surface area contributed by atoms with Gasteiger partial charge >= 0.3 is 0 Å². The average Bonchev–Trinajstić information content (AvgIpc) is 2.65. The van der Waals surface area contributed by atoms with Crippen molar-refractivity contribution < 1.29 is 4.79 Å². The van der Waals surface area contributed by atoms with Gasteiger partial charge in [0.2, 0.25) is 0 Å². The quantitative estimate of drug-likeness (QED) is 0.787. The van der Waals surface area contributed by atoms with Gasteiger partial charge in [-0.2, -0.15) is 0 Å². The maximum atomic E-state index is 12.0. The molecule has 0 radical (unpaired) electrons. The molecule has 1 aliphatic rings. The molecule has 0 aromatic carbocycles. The van der Waals surface area contributed by atoms with Crippen molar-refractivity contribution in [3.63, 3.8) is 0 Å². The molecule has 0 saturated carbocycles. The monoisotopic (exact) mass is 304 g/mol. The number of hydrogen-bond acceptors (Lipinski definition) is 3. The molecule has 1 aromatic heterocycles. The smallest absolute Gasteiger partial charge is 0.257 e. The van der Waals surface area contributed by atoms with Crippen molar-refractivity contribution in [2.24, 2.45) is 0 Å². The molecule has 1 aliphatic heterocycles. The number of aromatic nitrogens is 1. The van der Waals surface area contributed by atoms with Crippen molar-refractivity contribution in [1.29, 1.82) is 0 Å². The Morgan fingerprint density at radius 2 is 2.33 bits per heavy atom. The molecule has 1 fully saturated rings. The Balaban J connectivity index is 2.20. The molecule has 3 nitrogen and oxygen atoms in total. The van der Waals surface area contributed by atoms with Crippen molar-refractivity contribution in [3.8, 4) is 0 Å². The number of rotatable bonds is 2. The van der Waals surface area contributed by atoms with Crippen LogP contribution in [0.5, 0.6) is 0 Å². The second-order valence-electron chi connectivity index (χ2n) is 4.59. The highest BCUT2D eigenvalue weighted by molar-refractivity contribution is 8.01. The lowest BCUT2D eigenvalue weighted by Gasteiger charge is -2.30. The molecular weight excluding hydrogens is 291 g/mol. The topological polar surface area (TPSA) is 33.2 Å². The minimum atomic E-state index is -1.00. The summed E-state index contributed by atoms with van der Waals surface area (Å²) in [6, 6.07) is 3.92. The number of nitrogens with zero attached hydrogens (tertiary/aromatic N) is 2. The SMILES string of the molecule is CC1(C)SC(c2cccnc2)CN1C(=O)C(Cl)Cl. The van der Waals surface area contributed by atoms with Crippen LogP contribution >= 0.6 is 35.0 Å². The molecule has 0 spiro atoms. The van der Waals surface area contributed by atoms with Crippen LogP contribution in [0, 0.1) is 0 Å². The predicted octanol–water partition coefficient (Wildman–Crippen LogP) is 3.24. The molecule has 1 saturated heterocycles. The van der Waals surface area contributed by atoms with E-state index in [1.165, 1.54) is 0 Å². The maximum Gasteiger partial charge on any atom is 0.257 e. The van der Waals surface area contributed by atoms with Crippen LogP contribution in [0.4, 0.5) is 0 Å². The highest BCUT2D eigenvalue weighted by Crippen LogP contribution is 2.48. The van der Waals surface area contributed by atoms with E-state index in [1.807, 2.05) is 32.2 Å². The molecule has 18 heavy (non-hydrogen) atoms. The van der Waals surface area contributed by atoms with Crippen molar-refractivity contribution in [1.82, 2.24) is 9.88 Å². The number of carbonyl (C=O) groups excluding carboxylic acids is 1. The molecule has 1 unspecified atom stereocenters. The standard InChI is InChI=1S/C12H14Cl2N2OS/c1-12(2)16(11(17)10(13)14)7-9(18-12)8-4-3-5-15-6-8/h3-6,9-10H,7H2,1-2H3. The summed E-state index contributed by atoms with van der Waals surface area (Å²) >= 11 is 13.1. The summed E-state index contributed by atoms with van der Waals surface area (Å²) in [5.74, 6) is -0.234. The Hall–Kier alpha value is -0.450. The Morgan fingerprint density at radius 1 is 1.61 bits per heavy atom. The molecule has 98 valence electrons. The number of carbonyl (C=O) groups is 1. The van der Waals surface area contributed by atoms with E-state index in [4.69, 9.17) is 23.2 Å². The van der Waals surface area contributed by atoms with Crippen LogP contribution < -0.4 is 0 Å². The van der Waals surface area contributed by atoms with E-state index in [2.05, 4.69) is 4.98 Å². The number of hydrogen-bond donors (Lipinski definition) is 0. The summed E-state index contributed by atoms with van der Waals surface area (Å²) in [4.78, 5) is 16.5. The first kappa shape index (κ1) is 14.0. The highest BCUT2D eigenvalue weighted by Gasteiger charge is 2.43. The van der Waals surface area contributed by atoms with Gasteiger partial charge in [0, 0.05) is 18.9 Å². The van der Waals surface area contributed by atoms with Crippen LogP contribution in [0.3, 0.4) is 0 Å². The first-order valence-corrected chi connectivity index (χ1v) is 7.34. The first-order chi connectivity index (χ1) is 8.42. The van der Waals surface area contributed by atoms with Crippen LogP contribution in [-0.2, 0) is 4.79 Å². The van der Waals surface area contributed by atoms with Crippen LogP contribution in [0.15, 0.2) is 24.5 Å². The van der Waals surface area contributed by atoms with Gasteiger partial charge in [-0.05, 0) is 25.5 Å². The van der Waals surface area contributed by atoms with Gasteiger partial charge < -0.3 is 4.90 Å². The number of thioether (sulfide) groups is 1. The van der Waals surface area contributed by atoms with Gasteiger partial charge in [-0.1, -0.05) is 29.3 Å². The van der Waals surface area contributed by atoms with E-state index < -0.39 is 4.84 Å². The number of amides is 1. The zero-order valence-corrected chi connectivity index (χ0v) is 12.5. The maximum absolute atomic E-state index is 12.0. The van der Waals surface area contributed by atoms with E-state index in [1.54, 1.807) is 22.9 Å². The third-order valence-corrected chi connectivity index (χ3v) is 4.81. The zero-order chi connectivity index (χ0) is 13.3. The normalized spacial score (nSPS) is 22.5. The Labute approximate surface area is 121 Å². The van der Waals surface area contributed by atoms with Gasteiger partial charge in [0.05, 0.1) is 10.1 Å². The molecular formula is C12H14Cl2N2OS. The molecule has 0 aliphatic carbocycles. The largest absolute Gasteiger partial charge is 0.325 e. The van der Waals surface area contributed by atoms with E-state index in [9.17, 15) is 4.79 Å². The van der Waals surface area contributed by atoms with Crippen LogP contribution in [-0.4, -0.2) is 32.0 Å². The van der Waals surface area contributed by atoms with Crippen LogP contribution in [0.1, 0.15) is 24.7 Å².